The first-order chi connectivity index (χ1) is 8.45. The van der Waals surface area contributed by atoms with Crippen molar-refractivity contribution in [2.45, 2.75) is 25.1 Å². The molecule has 0 fully saturated rings. The fraction of sp³-hybridized carbons (Fsp3) is 1.00. The monoisotopic (exact) mass is 272 g/mol. The van der Waals surface area contributed by atoms with Crippen molar-refractivity contribution in [1.29, 1.82) is 0 Å². The number of rotatable bonds is 10. The summed E-state index contributed by atoms with van der Waals surface area (Å²) in [4.78, 5) is 0. The molecule has 2 unspecified atom stereocenters. The molecule has 110 valence electrons. The van der Waals surface area contributed by atoms with Crippen LogP contribution in [0.5, 0.6) is 0 Å². The van der Waals surface area contributed by atoms with Crippen LogP contribution < -0.4 is 11.1 Å². The SMILES string of the molecule is COCC(CNCCC(CCN)C(F)(F)F)OC. The van der Waals surface area contributed by atoms with Crippen molar-refractivity contribution in [3.8, 4) is 0 Å². The Morgan fingerprint density at radius 2 is 1.89 bits per heavy atom. The van der Waals surface area contributed by atoms with Gasteiger partial charge in [0.1, 0.15) is 0 Å². The molecular formula is C11H23F3N2O2. The normalized spacial score (nSPS) is 15.7. The number of ether oxygens (including phenoxy) is 2. The summed E-state index contributed by atoms with van der Waals surface area (Å²) in [6.07, 6.45) is -4.32. The van der Waals surface area contributed by atoms with Crippen molar-refractivity contribution >= 4 is 0 Å². The summed E-state index contributed by atoms with van der Waals surface area (Å²) in [5.74, 6) is -1.33. The molecule has 0 heterocycles. The van der Waals surface area contributed by atoms with Crippen LogP contribution in [-0.2, 0) is 9.47 Å². The number of hydrogen-bond acceptors (Lipinski definition) is 4. The van der Waals surface area contributed by atoms with Gasteiger partial charge >= 0.3 is 6.18 Å². The summed E-state index contributed by atoms with van der Waals surface area (Å²) in [5, 5.41) is 2.94. The molecule has 0 saturated carbocycles. The Kier molecular flexibility index (Phi) is 9.35. The summed E-state index contributed by atoms with van der Waals surface area (Å²) in [6, 6.07) is 0. The van der Waals surface area contributed by atoms with E-state index in [0.29, 0.717) is 13.2 Å². The number of halogens is 3. The van der Waals surface area contributed by atoms with E-state index < -0.39 is 12.1 Å². The molecule has 0 aliphatic rings. The maximum absolute atomic E-state index is 12.6. The van der Waals surface area contributed by atoms with Gasteiger partial charge in [0, 0.05) is 20.8 Å². The third-order valence-electron chi connectivity index (χ3n) is 2.71. The van der Waals surface area contributed by atoms with Crippen molar-refractivity contribution in [1.82, 2.24) is 5.32 Å². The van der Waals surface area contributed by atoms with E-state index in [2.05, 4.69) is 5.32 Å². The molecule has 0 aliphatic carbocycles. The van der Waals surface area contributed by atoms with Crippen LogP contribution in [0.25, 0.3) is 0 Å². The Labute approximate surface area is 106 Å². The molecule has 0 rings (SSSR count). The van der Waals surface area contributed by atoms with Crippen molar-refractivity contribution in [3.63, 3.8) is 0 Å². The number of alkyl halides is 3. The highest BCUT2D eigenvalue weighted by molar-refractivity contribution is 4.70. The smallest absolute Gasteiger partial charge is 0.382 e. The molecule has 0 bridgehead atoms. The van der Waals surface area contributed by atoms with Crippen molar-refractivity contribution in [3.05, 3.63) is 0 Å². The first-order valence-electron chi connectivity index (χ1n) is 5.94. The van der Waals surface area contributed by atoms with E-state index in [1.807, 2.05) is 0 Å². The van der Waals surface area contributed by atoms with E-state index in [1.54, 1.807) is 7.11 Å². The van der Waals surface area contributed by atoms with Crippen molar-refractivity contribution < 1.29 is 22.6 Å². The van der Waals surface area contributed by atoms with Gasteiger partial charge in [-0.25, -0.2) is 0 Å². The lowest BCUT2D eigenvalue weighted by Crippen LogP contribution is -2.35. The predicted molar refractivity (Wildman–Crippen MR) is 63.4 cm³/mol. The summed E-state index contributed by atoms with van der Waals surface area (Å²) < 4.78 is 47.6. The lowest BCUT2D eigenvalue weighted by molar-refractivity contribution is -0.177. The van der Waals surface area contributed by atoms with E-state index in [-0.39, 0.29) is 32.0 Å². The van der Waals surface area contributed by atoms with Gasteiger partial charge in [0.2, 0.25) is 0 Å². The molecule has 7 heteroatoms. The van der Waals surface area contributed by atoms with Crippen molar-refractivity contribution in [2.75, 3.05) is 40.5 Å². The third-order valence-corrected chi connectivity index (χ3v) is 2.71. The summed E-state index contributed by atoms with van der Waals surface area (Å²) in [7, 11) is 3.09. The molecular weight excluding hydrogens is 249 g/mol. The summed E-state index contributed by atoms with van der Waals surface area (Å²) in [6.45, 7) is 1.22. The van der Waals surface area contributed by atoms with Crippen LogP contribution in [0.15, 0.2) is 0 Å². The minimum absolute atomic E-state index is 0.0308. The van der Waals surface area contributed by atoms with Crippen LogP contribution in [0.3, 0.4) is 0 Å². The van der Waals surface area contributed by atoms with Gasteiger partial charge < -0.3 is 20.5 Å². The molecule has 0 radical (unpaired) electrons. The van der Waals surface area contributed by atoms with Crippen LogP contribution in [-0.4, -0.2) is 52.7 Å². The molecule has 2 atom stereocenters. The number of nitrogens with one attached hydrogen (secondary N) is 1. The van der Waals surface area contributed by atoms with E-state index in [1.165, 1.54) is 7.11 Å². The fourth-order valence-corrected chi connectivity index (χ4v) is 1.61. The quantitative estimate of drug-likeness (QED) is 0.586. The molecule has 3 N–H and O–H groups in total. The molecule has 4 nitrogen and oxygen atoms in total. The topological polar surface area (TPSA) is 56.5 Å². The standard InChI is InChI=1S/C11H23F3N2O2/c1-17-8-10(18-2)7-16-6-4-9(3-5-15)11(12,13)14/h9-10,16H,3-8,15H2,1-2H3. The highest BCUT2D eigenvalue weighted by Crippen LogP contribution is 2.30. The summed E-state index contributed by atoms with van der Waals surface area (Å²) in [5.41, 5.74) is 5.18. The van der Waals surface area contributed by atoms with Crippen LogP contribution in [0.2, 0.25) is 0 Å². The lowest BCUT2D eigenvalue weighted by atomic mass is 10.0. The van der Waals surface area contributed by atoms with E-state index in [0.717, 1.165) is 0 Å². The van der Waals surface area contributed by atoms with Crippen molar-refractivity contribution in [2.24, 2.45) is 11.7 Å². The minimum Gasteiger partial charge on any atom is -0.382 e. The van der Waals surface area contributed by atoms with Gasteiger partial charge in [-0.15, -0.1) is 0 Å². The average molecular weight is 272 g/mol. The van der Waals surface area contributed by atoms with E-state index in [4.69, 9.17) is 15.2 Å². The van der Waals surface area contributed by atoms with Crippen LogP contribution >= 0.6 is 0 Å². The molecule has 0 amide bonds. The Morgan fingerprint density at radius 3 is 2.33 bits per heavy atom. The second-order valence-corrected chi connectivity index (χ2v) is 4.12. The molecule has 18 heavy (non-hydrogen) atoms. The highest BCUT2D eigenvalue weighted by Gasteiger charge is 2.38. The highest BCUT2D eigenvalue weighted by atomic mass is 19.4. The third kappa shape index (κ3) is 7.86. The lowest BCUT2D eigenvalue weighted by Gasteiger charge is -2.20. The van der Waals surface area contributed by atoms with Crippen LogP contribution in [0, 0.1) is 5.92 Å². The zero-order valence-electron chi connectivity index (χ0n) is 10.9. The van der Waals surface area contributed by atoms with Gasteiger partial charge in [0.25, 0.3) is 0 Å². The minimum atomic E-state index is -4.17. The number of nitrogens with two attached hydrogens (primary N) is 1. The molecule has 0 aromatic carbocycles. The van der Waals surface area contributed by atoms with Gasteiger partial charge in [0.15, 0.2) is 0 Å². The molecule has 0 saturated heterocycles. The van der Waals surface area contributed by atoms with Crippen LogP contribution in [0.1, 0.15) is 12.8 Å². The Bertz CT molecular complexity index is 203. The zero-order chi connectivity index (χ0) is 14.0. The average Bonchev–Trinajstić information content (AvgIpc) is 2.30. The molecule has 0 aliphatic heterocycles. The van der Waals surface area contributed by atoms with Gasteiger partial charge in [0.05, 0.1) is 18.6 Å². The zero-order valence-corrected chi connectivity index (χ0v) is 10.9. The van der Waals surface area contributed by atoms with Gasteiger partial charge in [-0.3, -0.25) is 0 Å². The van der Waals surface area contributed by atoms with E-state index >= 15 is 0 Å². The summed E-state index contributed by atoms with van der Waals surface area (Å²) >= 11 is 0. The second kappa shape index (κ2) is 9.55. The predicted octanol–water partition coefficient (Wildman–Crippen LogP) is 1.15. The first kappa shape index (κ1) is 17.6. The largest absolute Gasteiger partial charge is 0.391 e. The van der Waals surface area contributed by atoms with Gasteiger partial charge in [-0.2, -0.15) is 13.2 Å². The Balaban J connectivity index is 3.85. The first-order valence-corrected chi connectivity index (χ1v) is 5.94. The van der Waals surface area contributed by atoms with Gasteiger partial charge in [-0.1, -0.05) is 0 Å². The van der Waals surface area contributed by atoms with E-state index in [9.17, 15) is 13.2 Å². The molecule has 0 aromatic heterocycles. The molecule has 0 spiro atoms. The Morgan fingerprint density at radius 1 is 1.22 bits per heavy atom. The second-order valence-electron chi connectivity index (χ2n) is 4.12. The Hall–Kier alpha value is -0.370. The number of hydrogen-bond donors (Lipinski definition) is 2. The molecule has 0 aromatic rings. The fourth-order valence-electron chi connectivity index (χ4n) is 1.61. The van der Waals surface area contributed by atoms with Crippen LogP contribution in [0.4, 0.5) is 13.2 Å². The number of methoxy groups -OCH3 is 2. The maximum Gasteiger partial charge on any atom is 0.391 e. The maximum atomic E-state index is 12.6. The van der Waals surface area contributed by atoms with Gasteiger partial charge in [-0.05, 0) is 25.9 Å².